The van der Waals surface area contributed by atoms with Crippen LogP contribution in [0.1, 0.15) is 6.92 Å². The summed E-state index contributed by atoms with van der Waals surface area (Å²) >= 11 is 0. The summed E-state index contributed by atoms with van der Waals surface area (Å²) in [4.78, 5) is 10.5. The van der Waals surface area contributed by atoms with Crippen LogP contribution in [0.15, 0.2) is 24.3 Å². The zero-order valence-corrected chi connectivity index (χ0v) is 19.0. The molecule has 0 amide bonds. The molecule has 32 heavy (non-hydrogen) atoms. The van der Waals surface area contributed by atoms with Gasteiger partial charge in [0.05, 0.1) is 85.0 Å². The molecule has 0 unspecified atom stereocenters. The van der Waals surface area contributed by atoms with Gasteiger partial charge in [-0.25, -0.2) is 0 Å². The SMILES string of the molecule is CC(=O)OCCOCCOCCOCCOCCOCCOCCOc1ccccc1N. The van der Waals surface area contributed by atoms with Crippen LogP contribution in [0.25, 0.3) is 0 Å². The van der Waals surface area contributed by atoms with Crippen molar-refractivity contribution in [2.24, 2.45) is 0 Å². The second kappa shape index (κ2) is 20.9. The second-order valence-corrected chi connectivity index (χ2v) is 6.40. The predicted octanol–water partition coefficient (Wildman–Crippen LogP) is 1.31. The summed E-state index contributed by atoms with van der Waals surface area (Å²) in [5.41, 5.74) is 6.41. The summed E-state index contributed by atoms with van der Waals surface area (Å²) in [5.74, 6) is 0.358. The van der Waals surface area contributed by atoms with Gasteiger partial charge in [-0.2, -0.15) is 0 Å². The molecular weight excluding hydrogens is 422 g/mol. The van der Waals surface area contributed by atoms with Crippen molar-refractivity contribution in [3.63, 3.8) is 0 Å². The van der Waals surface area contributed by atoms with Crippen LogP contribution in [-0.4, -0.2) is 98.5 Å². The molecule has 0 aromatic heterocycles. The molecule has 1 rings (SSSR count). The standard InChI is InChI=1S/C22H37NO9/c1-20(24)31-18-16-29-14-12-27-10-8-25-6-7-26-9-11-28-13-15-30-17-19-32-22-5-3-2-4-21(22)23/h2-5H,6-19,23H2,1H3. The maximum Gasteiger partial charge on any atom is 0.302 e. The number of carbonyl (C=O) groups excluding carboxylic acids is 1. The third-order valence-corrected chi connectivity index (χ3v) is 3.80. The Bertz CT molecular complexity index is 574. The van der Waals surface area contributed by atoms with Gasteiger partial charge in [-0.3, -0.25) is 4.79 Å². The molecule has 0 fully saturated rings. The molecule has 0 heterocycles. The number of nitrogen functional groups attached to an aromatic ring is 1. The van der Waals surface area contributed by atoms with Gasteiger partial charge in [0.1, 0.15) is 19.0 Å². The molecule has 2 N–H and O–H groups in total. The van der Waals surface area contributed by atoms with Crippen LogP contribution in [0.5, 0.6) is 5.75 Å². The van der Waals surface area contributed by atoms with Crippen LogP contribution in [0.3, 0.4) is 0 Å². The first-order chi connectivity index (χ1) is 15.7. The molecule has 10 nitrogen and oxygen atoms in total. The highest BCUT2D eigenvalue weighted by Gasteiger charge is 1.98. The number of hydrogen-bond acceptors (Lipinski definition) is 10. The summed E-state index contributed by atoms with van der Waals surface area (Å²) < 4.78 is 42.5. The summed E-state index contributed by atoms with van der Waals surface area (Å²) in [6.07, 6.45) is 0. The van der Waals surface area contributed by atoms with Crippen molar-refractivity contribution < 1.29 is 42.7 Å². The molecule has 184 valence electrons. The summed E-state index contributed by atoms with van der Waals surface area (Å²) in [6, 6.07) is 7.36. The van der Waals surface area contributed by atoms with E-state index >= 15 is 0 Å². The topological polar surface area (TPSA) is 117 Å². The molecule has 1 aromatic carbocycles. The number of benzene rings is 1. The number of esters is 1. The molecule has 10 heteroatoms. The van der Waals surface area contributed by atoms with Gasteiger partial charge in [0.15, 0.2) is 0 Å². The monoisotopic (exact) mass is 459 g/mol. The lowest BCUT2D eigenvalue weighted by molar-refractivity contribution is -0.142. The molecule has 0 aliphatic rings. The first-order valence-corrected chi connectivity index (χ1v) is 10.8. The fraction of sp³-hybridized carbons (Fsp3) is 0.682. The molecule has 0 aliphatic carbocycles. The highest BCUT2D eigenvalue weighted by Crippen LogP contribution is 2.19. The fourth-order valence-electron chi connectivity index (χ4n) is 2.27. The van der Waals surface area contributed by atoms with Crippen LogP contribution < -0.4 is 10.5 Å². The lowest BCUT2D eigenvalue weighted by Crippen LogP contribution is -2.15. The van der Waals surface area contributed by atoms with Crippen molar-refractivity contribution in [1.29, 1.82) is 0 Å². The quantitative estimate of drug-likeness (QED) is 0.154. The Labute approximate surface area is 190 Å². The van der Waals surface area contributed by atoms with Gasteiger partial charge in [-0.15, -0.1) is 0 Å². The third-order valence-electron chi connectivity index (χ3n) is 3.80. The minimum absolute atomic E-state index is 0.262. The molecule has 0 saturated heterocycles. The Morgan fingerprint density at radius 3 is 1.41 bits per heavy atom. The van der Waals surface area contributed by atoms with Gasteiger partial charge in [-0.05, 0) is 12.1 Å². The van der Waals surface area contributed by atoms with Crippen molar-refractivity contribution in [2.45, 2.75) is 6.92 Å². The van der Waals surface area contributed by atoms with E-state index in [1.807, 2.05) is 18.2 Å². The number of nitrogens with two attached hydrogens (primary N) is 1. The lowest BCUT2D eigenvalue weighted by Gasteiger charge is -2.09. The van der Waals surface area contributed by atoms with E-state index in [9.17, 15) is 4.79 Å². The van der Waals surface area contributed by atoms with Crippen molar-refractivity contribution in [2.75, 3.05) is 98.2 Å². The van der Waals surface area contributed by atoms with Crippen LogP contribution in [-0.2, 0) is 38.0 Å². The summed E-state index contributed by atoms with van der Waals surface area (Å²) in [6.45, 7) is 7.79. The van der Waals surface area contributed by atoms with E-state index in [1.54, 1.807) is 6.07 Å². The minimum atomic E-state index is -0.309. The van der Waals surface area contributed by atoms with E-state index in [-0.39, 0.29) is 12.6 Å². The predicted molar refractivity (Wildman–Crippen MR) is 118 cm³/mol. The highest BCUT2D eigenvalue weighted by molar-refractivity contribution is 5.65. The Morgan fingerprint density at radius 2 is 1.00 bits per heavy atom. The van der Waals surface area contributed by atoms with Gasteiger partial charge < -0.3 is 43.6 Å². The lowest BCUT2D eigenvalue weighted by atomic mass is 10.3. The van der Waals surface area contributed by atoms with Crippen LogP contribution in [0, 0.1) is 0 Å². The zero-order chi connectivity index (χ0) is 23.1. The van der Waals surface area contributed by atoms with Gasteiger partial charge in [0.2, 0.25) is 0 Å². The van der Waals surface area contributed by atoms with Crippen molar-refractivity contribution >= 4 is 11.7 Å². The number of anilines is 1. The van der Waals surface area contributed by atoms with E-state index < -0.39 is 0 Å². The fourth-order valence-corrected chi connectivity index (χ4v) is 2.27. The highest BCUT2D eigenvalue weighted by atomic mass is 16.6. The van der Waals surface area contributed by atoms with Gasteiger partial charge >= 0.3 is 5.97 Å². The van der Waals surface area contributed by atoms with E-state index in [0.29, 0.717) is 97.3 Å². The largest absolute Gasteiger partial charge is 0.489 e. The van der Waals surface area contributed by atoms with Gasteiger partial charge in [0, 0.05) is 6.92 Å². The van der Waals surface area contributed by atoms with Crippen LogP contribution in [0.4, 0.5) is 5.69 Å². The summed E-state index contributed by atoms with van der Waals surface area (Å²) in [5, 5.41) is 0. The molecule has 0 bridgehead atoms. The van der Waals surface area contributed by atoms with E-state index in [4.69, 9.17) is 43.6 Å². The van der Waals surface area contributed by atoms with Crippen molar-refractivity contribution in [3.05, 3.63) is 24.3 Å². The molecule has 0 atom stereocenters. The molecule has 0 aliphatic heterocycles. The average Bonchev–Trinajstić information content (AvgIpc) is 2.78. The van der Waals surface area contributed by atoms with E-state index in [0.717, 1.165) is 0 Å². The van der Waals surface area contributed by atoms with E-state index in [1.165, 1.54) is 6.92 Å². The van der Waals surface area contributed by atoms with E-state index in [2.05, 4.69) is 0 Å². The normalized spacial score (nSPS) is 10.9. The number of para-hydroxylation sites is 2. The van der Waals surface area contributed by atoms with Crippen LogP contribution >= 0.6 is 0 Å². The molecule has 0 radical (unpaired) electrons. The summed E-state index contributed by atoms with van der Waals surface area (Å²) in [7, 11) is 0. The Balaban J connectivity index is 1.69. The number of hydrogen-bond donors (Lipinski definition) is 1. The van der Waals surface area contributed by atoms with Gasteiger partial charge in [-0.1, -0.05) is 12.1 Å². The number of carbonyl (C=O) groups is 1. The van der Waals surface area contributed by atoms with Crippen LogP contribution in [0.2, 0.25) is 0 Å². The second-order valence-electron chi connectivity index (χ2n) is 6.40. The smallest absolute Gasteiger partial charge is 0.302 e. The van der Waals surface area contributed by atoms with Crippen molar-refractivity contribution in [1.82, 2.24) is 0 Å². The average molecular weight is 460 g/mol. The Kier molecular flexibility index (Phi) is 18.4. The van der Waals surface area contributed by atoms with Gasteiger partial charge in [0.25, 0.3) is 0 Å². The molecular formula is C22H37NO9. The first kappa shape index (κ1) is 28.1. The Morgan fingerprint density at radius 1 is 0.625 bits per heavy atom. The maximum atomic E-state index is 10.5. The number of rotatable bonds is 22. The first-order valence-electron chi connectivity index (χ1n) is 10.8. The maximum absolute atomic E-state index is 10.5. The minimum Gasteiger partial charge on any atom is -0.489 e. The molecule has 0 saturated carbocycles. The molecule has 1 aromatic rings. The number of ether oxygens (including phenoxy) is 8. The Hall–Kier alpha value is -1.95. The third kappa shape index (κ3) is 17.7. The molecule has 0 spiro atoms. The van der Waals surface area contributed by atoms with Crippen molar-refractivity contribution in [3.8, 4) is 5.75 Å². The zero-order valence-electron chi connectivity index (χ0n) is 19.0.